The molecule has 1 N–H and O–H groups in total. The fourth-order valence-corrected chi connectivity index (χ4v) is 3.60. The fourth-order valence-electron chi connectivity index (χ4n) is 3.60. The zero-order valence-electron chi connectivity index (χ0n) is 15.7. The number of carbonyl (C=O) groups excluding carboxylic acids is 1. The van der Waals surface area contributed by atoms with Crippen LogP contribution in [0.25, 0.3) is 0 Å². The maximum Gasteiger partial charge on any atom is 0.227 e. The van der Waals surface area contributed by atoms with Gasteiger partial charge < -0.3 is 10.1 Å². The van der Waals surface area contributed by atoms with Crippen LogP contribution in [0.15, 0.2) is 48.5 Å². The monoisotopic (exact) mass is 377 g/mol. The first-order valence-corrected chi connectivity index (χ1v) is 9.10. The van der Waals surface area contributed by atoms with Gasteiger partial charge in [-0.05, 0) is 61.2 Å². The fraction of sp³-hybridized carbons (Fsp3) is 0.227. The average molecular weight is 377 g/mol. The molecule has 142 valence electrons. The second-order valence-electron chi connectivity index (χ2n) is 6.89. The van der Waals surface area contributed by atoms with Crippen LogP contribution >= 0.6 is 0 Å². The number of carbonyl (C=O) groups is 1. The maximum atomic E-state index is 13.1. The third-order valence-electron chi connectivity index (χ3n) is 5.00. The summed E-state index contributed by atoms with van der Waals surface area (Å²) in [7, 11) is 1.63. The molecule has 0 amide bonds. The van der Waals surface area contributed by atoms with E-state index in [1.165, 1.54) is 12.1 Å². The smallest absolute Gasteiger partial charge is 0.227 e. The molecule has 0 saturated heterocycles. The van der Waals surface area contributed by atoms with Gasteiger partial charge in [0.1, 0.15) is 11.6 Å². The Bertz CT molecular complexity index is 1020. The number of aromatic nitrogens is 2. The van der Waals surface area contributed by atoms with Gasteiger partial charge in [0.15, 0.2) is 5.78 Å². The van der Waals surface area contributed by atoms with E-state index in [1.54, 1.807) is 19.2 Å². The molecule has 0 radical (unpaired) electrons. The van der Waals surface area contributed by atoms with Crippen LogP contribution < -0.4 is 10.1 Å². The van der Waals surface area contributed by atoms with Crippen LogP contribution in [-0.4, -0.2) is 22.9 Å². The number of methoxy groups -OCH3 is 1. The third-order valence-corrected chi connectivity index (χ3v) is 5.00. The molecule has 1 atom stereocenters. The molecule has 4 rings (SSSR count). The summed E-state index contributed by atoms with van der Waals surface area (Å²) in [5.74, 6) is 1.02. The highest BCUT2D eigenvalue weighted by molar-refractivity contribution is 5.99. The number of nitrogens with zero attached hydrogens (tertiary/aromatic N) is 2. The molecule has 2 aromatic carbocycles. The molecule has 0 bridgehead atoms. The van der Waals surface area contributed by atoms with Crippen molar-refractivity contribution in [3.05, 3.63) is 76.9 Å². The van der Waals surface area contributed by atoms with Crippen molar-refractivity contribution in [1.82, 2.24) is 9.97 Å². The van der Waals surface area contributed by atoms with Crippen LogP contribution in [0.4, 0.5) is 16.0 Å². The van der Waals surface area contributed by atoms with Gasteiger partial charge in [-0.25, -0.2) is 14.4 Å². The van der Waals surface area contributed by atoms with Crippen LogP contribution in [-0.2, 0) is 6.42 Å². The maximum absolute atomic E-state index is 13.1. The Morgan fingerprint density at radius 1 is 1.04 bits per heavy atom. The number of nitrogens with one attached hydrogen (secondary N) is 1. The highest BCUT2D eigenvalue weighted by Gasteiger charge is 2.30. The van der Waals surface area contributed by atoms with Gasteiger partial charge in [-0.2, -0.15) is 0 Å². The van der Waals surface area contributed by atoms with Crippen molar-refractivity contribution in [2.75, 3.05) is 12.4 Å². The Balaban J connectivity index is 1.63. The summed E-state index contributed by atoms with van der Waals surface area (Å²) in [6.45, 7) is 1.82. The minimum absolute atomic E-state index is 0.0629. The Hall–Kier alpha value is -3.28. The van der Waals surface area contributed by atoms with Gasteiger partial charge >= 0.3 is 0 Å². The lowest BCUT2D eigenvalue weighted by Gasteiger charge is -2.24. The zero-order valence-corrected chi connectivity index (χ0v) is 15.7. The van der Waals surface area contributed by atoms with Crippen LogP contribution in [0, 0.1) is 12.7 Å². The number of hydrogen-bond donors (Lipinski definition) is 1. The normalized spacial score (nSPS) is 15.8. The quantitative estimate of drug-likeness (QED) is 0.720. The molecule has 0 saturated carbocycles. The summed E-state index contributed by atoms with van der Waals surface area (Å²) in [5, 5.41) is 3.09. The lowest BCUT2D eigenvalue weighted by molar-refractivity contribution is 0.0962. The SMILES string of the molecule is COc1ccc([C@@H]2CC(=O)c3c(C)nc(Nc4ccc(F)cc4)nc3C2)cc1. The molecular formula is C22H20FN3O2. The topological polar surface area (TPSA) is 64.1 Å². The Labute approximate surface area is 162 Å². The van der Waals surface area contributed by atoms with E-state index in [1.807, 2.05) is 31.2 Å². The van der Waals surface area contributed by atoms with E-state index in [9.17, 15) is 9.18 Å². The summed E-state index contributed by atoms with van der Waals surface area (Å²) >= 11 is 0. The van der Waals surface area contributed by atoms with Gasteiger partial charge in [0.2, 0.25) is 5.95 Å². The molecule has 5 nitrogen and oxygen atoms in total. The highest BCUT2D eigenvalue weighted by Crippen LogP contribution is 2.34. The molecule has 3 aromatic rings. The van der Waals surface area contributed by atoms with Gasteiger partial charge in [0, 0.05) is 12.1 Å². The third kappa shape index (κ3) is 3.58. The highest BCUT2D eigenvalue weighted by atomic mass is 19.1. The number of rotatable bonds is 4. The van der Waals surface area contributed by atoms with E-state index < -0.39 is 0 Å². The number of halogens is 1. The van der Waals surface area contributed by atoms with E-state index >= 15 is 0 Å². The van der Waals surface area contributed by atoms with Gasteiger partial charge in [-0.3, -0.25) is 4.79 Å². The predicted molar refractivity (Wildman–Crippen MR) is 105 cm³/mol. The van der Waals surface area contributed by atoms with E-state index in [0.717, 1.165) is 17.0 Å². The molecule has 6 heteroatoms. The van der Waals surface area contributed by atoms with Crippen LogP contribution in [0.2, 0.25) is 0 Å². The molecule has 1 aliphatic carbocycles. The van der Waals surface area contributed by atoms with E-state index in [-0.39, 0.29) is 17.5 Å². The molecule has 1 aromatic heterocycles. The number of fused-ring (bicyclic) bond motifs is 1. The van der Waals surface area contributed by atoms with Crippen molar-refractivity contribution in [2.45, 2.75) is 25.7 Å². The minimum Gasteiger partial charge on any atom is -0.497 e. The zero-order chi connectivity index (χ0) is 19.7. The predicted octanol–water partition coefficient (Wildman–Crippen LogP) is 4.59. The summed E-state index contributed by atoms with van der Waals surface area (Å²) in [6.07, 6.45) is 1.10. The van der Waals surface area contributed by atoms with Crippen molar-refractivity contribution in [3.8, 4) is 5.75 Å². The largest absolute Gasteiger partial charge is 0.497 e. The van der Waals surface area contributed by atoms with E-state index in [0.29, 0.717) is 35.7 Å². The van der Waals surface area contributed by atoms with Crippen molar-refractivity contribution >= 4 is 17.4 Å². The summed E-state index contributed by atoms with van der Waals surface area (Å²) in [4.78, 5) is 21.8. The summed E-state index contributed by atoms with van der Waals surface area (Å²) in [6, 6.07) is 13.8. The molecule has 1 heterocycles. The van der Waals surface area contributed by atoms with Gasteiger partial charge in [0.25, 0.3) is 0 Å². The van der Waals surface area contributed by atoms with Crippen LogP contribution in [0.5, 0.6) is 5.75 Å². The number of hydrogen-bond acceptors (Lipinski definition) is 5. The molecular weight excluding hydrogens is 357 g/mol. The lowest BCUT2D eigenvalue weighted by Crippen LogP contribution is -2.22. The first-order valence-electron chi connectivity index (χ1n) is 9.10. The number of Topliss-reactive ketones (excluding diaryl/α,β-unsaturated/α-hetero) is 1. The van der Waals surface area contributed by atoms with Gasteiger partial charge in [-0.1, -0.05) is 12.1 Å². The second kappa shape index (κ2) is 7.38. The first-order chi connectivity index (χ1) is 13.5. The summed E-state index contributed by atoms with van der Waals surface area (Å²) < 4.78 is 18.3. The van der Waals surface area contributed by atoms with Crippen LogP contribution in [0.1, 0.15) is 39.6 Å². The molecule has 0 unspecified atom stereocenters. The number of benzene rings is 2. The van der Waals surface area contributed by atoms with E-state index in [2.05, 4.69) is 15.3 Å². The average Bonchev–Trinajstić information content (AvgIpc) is 2.69. The van der Waals surface area contributed by atoms with Crippen molar-refractivity contribution < 1.29 is 13.9 Å². The van der Waals surface area contributed by atoms with Gasteiger partial charge in [-0.15, -0.1) is 0 Å². The molecule has 28 heavy (non-hydrogen) atoms. The Morgan fingerprint density at radius 3 is 2.43 bits per heavy atom. The lowest BCUT2D eigenvalue weighted by atomic mass is 9.81. The number of anilines is 2. The standard InChI is InChI=1S/C22H20FN3O2/c1-13-21-19(26-22(24-13)25-17-7-5-16(23)6-8-17)11-15(12-20(21)27)14-3-9-18(28-2)10-4-14/h3-10,15H,11-12H2,1-2H3,(H,24,25,26)/t15-/m0/s1. The van der Waals surface area contributed by atoms with Gasteiger partial charge in [0.05, 0.1) is 24.1 Å². The second-order valence-corrected chi connectivity index (χ2v) is 6.89. The van der Waals surface area contributed by atoms with E-state index in [4.69, 9.17) is 4.74 Å². The molecule has 1 aliphatic rings. The van der Waals surface area contributed by atoms with Crippen molar-refractivity contribution in [3.63, 3.8) is 0 Å². The van der Waals surface area contributed by atoms with Crippen molar-refractivity contribution in [1.29, 1.82) is 0 Å². The molecule has 0 spiro atoms. The Kier molecular flexibility index (Phi) is 4.77. The van der Waals surface area contributed by atoms with Crippen molar-refractivity contribution in [2.24, 2.45) is 0 Å². The Morgan fingerprint density at radius 2 is 1.75 bits per heavy atom. The summed E-state index contributed by atoms with van der Waals surface area (Å²) in [5.41, 5.74) is 3.80. The first kappa shape index (κ1) is 18.1. The number of aryl methyl sites for hydroxylation is 1. The molecule has 0 fully saturated rings. The van der Waals surface area contributed by atoms with Crippen LogP contribution in [0.3, 0.4) is 0 Å². The number of ketones is 1. The molecule has 0 aliphatic heterocycles. The number of ether oxygens (including phenoxy) is 1. The minimum atomic E-state index is -0.305.